The Bertz CT molecular complexity index is 929. The molecule has 3 rings (SSSR count). The van der Waals surface area contributed by atoms with Gasteiger partial charge in [0.05, 0.1) is 10.5 Å². The van der Waals surface area contributed by atoms with Gasteiger partial charge >= 0.3 is 5.97 Å². The predicted octanol–water partition coefficient (Wildman–Crippen LogP) is 4.57. The fourth-order valence-electron chi connectivity index (χ4n) is 2.98. The van der Waals surface area contributed by atoms with Crippen molar-refractivity contribution in [2.24, 2.45) is 0 Å². The topological polar surface area (TPSA) is 89.7 Å². The third-order valence-corrected chi connectivity index (χ3v) is 5.82. The number of ether oxygens (including phenoxy) is 1. The Kier molecular flexibility index (Phi) is 6.76. The molecule has 152 valence electrons. The van der Waals surface area contributed by atoms with Gasteiger partial charge in [-0.2, -0.15) is 0 Å². The maximum absolute atomic E-state index is 12.8. The van der Waals surface area contributed by atoms with E-state index >= 15 is 0 Å². The van der Waals surface area contributed by atoms with Crippen molar-refractivity contribution in [2.45, 2.75) is 35.7 Å². The van der Waals surface area contributed by atoms with Crippen molar-refractivity contribution in [3.05, 3.63) is 63.2 Å². The molecule has 1 aliphatic rings. The molecule has 0 saturated carbocycles. The maximum Gasteiger partial charge on any atom is 0.340 e. The summed E-state index contributed by atoms with van der Waals surface area (Å²) < 4.78 is 5.36. The van der Waals surface area contributed by atoms with E-state index < -0.39 is 17.0 Å². The highest BCUT2D eigenvalue weighted by Gasteiger charge is 2.28. The number of nitro benzene ring substituents is 1. The van der Waals surface area contributed by atoms with Gasteiger partial charge in [0.25, 0.3) is 11.6 Å². The number of rotatable bonds is 6. The zero-order chi connectivity index (χ0) is 21.0. The summed E-state index contributed by atoms with van der Waals surface area (Å²) in [5, 5.41) is 11.7. The monoisotopic (exact) mass is 434 g/mol. The quantitative estimate of drug-likeness (QED) is 0.376. The predicted molar refractivity (Wildman–Crippen MR) is 109 cm³/mol. The van der Waals surface area contributed by atoms with Gasteiger partial charge in [0.15, 0.2) is 6.10 Å². The standard InChI is InChI=1S/C20H19ClN2O5S/c1-13(19(24)22-10-2-3-11-22)28-20(25)17-12-15(23(26)27)6-9-18(17)29-16-7-4-14(21)5-8-16/h4-9,12-13H,2-3,10-11H2,1H3. The second-order valence-electron chi connectivity index (χ2n) is 6.57. The van der Waals surface area contributed by atoms with E-state index in [1.807, 2.05) is 0 Å². The molecule has 9 heteroatoms. The minimum absolute atomic E-state index is 0.0419. The molecule has 1 amide bonds. The average Bonchev–Trinajstić information content (AvgIpc) is 3.24. The third kappa shape index (κ3) is 5.27. The van der Waals surface area contributed by atoms with Crippen LogP contribution < -0.4 is 0 Å². The van der Waals surface area contributed by atoms with Gasteiger partial charge in [-0.1, -0.05) is 23.4 Å². The van der Waals surface area contributed by atoms with Crippen LogP contribution >= 0.6 is 23.4 Å². The van der Waals surface area contributed by atoms with Crippen LogP contribution in [0.2, 0.25) is 5.02 Å². The summed E-state index contributed by atoms with van der Waals surface area (Å²) in [6, 6.07) is 11.0. The van der Waals surface area contributed by atoms with Crippen molar-refractivity contribution in [3.8, 4) is 0 Å². The van der Waals surface area contributed by atoms with Crippen LogP contribution in [-0.4, -0.2) is 40.9 Å². The van der Waals surface area contributed by atoms with Gasteiger partial charge in [-0.05, 0) is 50.1 Å². The first-order chi connectivity index (χ1) is 13.8. The van der Waals surface area contributed by atoms with E-state index in [0.29, 0.717) is 23.0 Å². The van der Waals surface area contributed by atoms with Crippen LogP contribution in [0.3, 0.4) is 0 Å². The number of halogens is 1. The van der Waals surface area contributed by atoms with Crippen molar-refractivity contribution < 1.29 is 19.2 Å². The number of likely N-dealkylation sites (tertiary alicyclic amines) is 1. The zero-order valence-electron chi connectivity index (χ0n) is 15.7. The Balaban J connectivity index is 1.83. The lowest BCUT2D eigenvalue weighted by molar-refractivity contribution is -0.384. The van der Waals surface area contributed by atoms with E-state index in [-0.39, 0.29) is 17.2 Å². The highest BCUT2D eigenvalue weighted by atomic mass is 35.5. The molecule has 1 heterocycles. The van der Waals surface area contributed by atoms with E-state index in [1.165, 1.54) is 36.9 Å². The van der Waals surface area contributed by atoms with E-state index in [1.54, 1.807) is 29.2 Å². The minimum atomic E-state index is -0.965. The Labute approximate surface area is 177 Å². The van der Waals surface area contributed by atoms with Crippen molar-refractivity contribution in [2.75, 3.05) is 13.1 Å². The Morgan fingerprint density at radius 1 is 1.17 bits per heavy atom. The van der Waals surface area contributed by atoms with E-state index in [9.17, 15) is 19.7 Å². The number of amides is 1. The first kappa shape index (κ1) is 21.1. The smallest absolute Gasteiger partial charge is 0.340 e. The summed E-state index contributed by atoms with van der Waals surface area (Å²) in [5.41, 5.74) is -0.184. The lowest BCUT2D eigenvalue weighted by Gasteiger charge is -2.20. The molecule has 0 aromatic heterocycles. The second-order valence-corrected chi connectivity index (χ2v) is 8.13. The van der Waals surface area contributed by atoms with Crippen LogP contribution in [0.25, 0.3) is 0 Å². The highest BCUT2D eigenvalue weighted by molar-refractivity contribution is 7.99. The van der Waals surface area contributed by atoms with E-state index in [0.717, 1.165) is 17.7 Å². The number of carbonyl (C=O) groups excluding carboxylic acids is 2. The maximum atomic E-state index is 12.8. The summed E-state index contributed by atoms with van der Waals surface area (Å²) in [4.78, 5) is 38.7. The molecule has 1 fully saturated rings. The summed E-state index contributed by atoms with van der Waals surface area (Å²) in [6.45, 7) is 2.81. The Morgan fingerprint density at radius 3 is 2.45 bits per heavy atom. The number of hydrogen-bond acceptors (Lipinski definition) is 6. The van der Waals surface area contributed by atoms with Crippen molar-refractivity contribution in [1.29, 1.82) is 0 Å². The SMILES string of the molecule is CC(OC(=O)c1cc([N+](=O)[O-])ccc1Sc1ccc(Cl)cc1)C(=O)N1CCCC1. The third-order valence-electron chi connectivity index (χ3n) is 4.48. The van der Waals surface area contributed by atoms with Gasteiger partial charge < -0.3 is 9.64 Å². The van der Waals surface area contributed by atoms with Crippen LogP contribution in [0, 0.1) is 10.1 Å². The number of non-ortho nitro benzene ring substituents is 1. The molecule has 0 N–H and O–H groups in total. The van der Waals surface area contributed by atoms with Gasteiger partial charge in [0.1, 0.15) is 0 Å². The molecular weight excluding hydrogens is 416 g/mol. The second kappa shape index (κ2) is 9.28. The zero-order valence-corrected chi connectivity index (χ0v) is 17.2. The van der Waals surface area contributed by atoms with Gasteiger partial charge in [0.2, 0.25) is 0 Å². The van der Waals surface area contributed by atoms with Crippen LogP contribution in [0.1, 0.15) is 30.1 Å². The lowest BCUT2D eigenvalue weighted by atomic mass is 10.2. The number of carbonyl (C=O) groups is 2. The van der Waals surface area contributed by atoms with Crippen LogP contribution in [0.5, 0.6) is 0 Å². The highest BCUT2D eigenvalue weighted by Crippen LogP contribution is 2.33. The number of esters is 1. The Morgan fingerprint density at radius 2 is 1.83 bits per heavy atom. The van der Waals surface area contributed by atoms with E-state index in [4.69, 9.17) is 16.3 Å². The molecule has 1 atom stereocenters. The first-order valence-corrected chi connectivity index (χ1v) is 10.3. The number of nitro groups is 1. The normalized spacial score (nSPS) is 14.5. The molecule has 2 aromatic rings. The molecule has 1 saturated heterocycles. The van der Waals surface area contributed by atoms with Crippen molar-refractivity contribution >= 4 is 40.9 Å². The minimum Gasteiger partial charge on any atom is -0.449 e. The molecule has 1 aliphatic heterocycles. The molecule has 0 bridgehead atoms. The van der Waals surface area contributed by atoms with E-state index in [2.05, 4.69) is 0 Å². The molecule has 0 aliphatic carbocycles. The van der Waals surface area contributed by atoms with Crippen LogP contribution in [0.15, 0.2) is 52.3 Å². The molecule has 29 heavy (non-hydrogen) atoms. The molecule has 0 spiro atoms. The summed E-state index contributed by atoms with van der Waals surface area (Å²) >= 11 is 7.15. The van der Waals surface area contributed by atoms with Gasteiger partial charge in [-0.25, -0.2) is 4.79 Å². The van der Waals surface area contributed by atoms with Crippen LogP contribution in [-0.2, 0) is 9.53 Å². The summed E-state index contributed by atoms with van der Waals surface area (Å²) in [5.74, 6) is -1.03. The largest absolute Gasteiger partial charge is 0.449 e. The van der Waals surface area contributed by atoms with Gasteiger partial charge in [-0.15, -0.1) is 0 Å². The Hall–Kier alpha value is -2.58. The molecule has 7 nitrogen and oxygen atoms in total. The summed E-state index contributed by atoms with van der Waals surface area (Å²) in [6.07, 6.45) is 0.895. The van der Waals surface area contributed by atoms with Gasteiger partial charge in [0, 0.05) is 40.0 Å². The number of benzene rings is 2. The number of nitrogens with zero attached hydrogens (tertiary/aromatic N) is 2. The molecule has 2 aromatic carbocycles. The van der Waals surface area contributed by atoms with Crippen molar-refractivity contribution in [3.63, 3.8) is 0 Å². The molecule has 1 unspecified atom stereocenters. The fourth-order valence-corrected chi connectivity index (χ4v) is 4.02. The lowest BCUT2D eigenvalue weighted by Crippen LogP contribution is -2.38. The first-order valence-electron chi connectivity index (χ1n) is 9.07. The van der Waals surface area contributed by atoms with Crippen LogP contribution in [0.4, 0.5) is 5.69 Å². The number of hydrogen-bond donors (Lipinski definition) is 0. The molecule has 0 radical (unpaired) electrons. The average molecular weight is 435 g/mol. The van der Waals surface area contributed by atoms with Crippen molar-refractivity contribution in [1.82, 2.24) is 4.90 Å². The molecular formula is C20H19ClN2O5S. The fraction of sp³-hybridized carbons (Fsp3) is 0.300. The summed E-state index contributed by atoms with van der Waals surface area (Å²) in [7, 11) is 0. The van der Waals surface area contributed by atoms with Gasteiger partial charge in [-0.3, -0.25) is 14.9 Å².